The highest BCUT2D eigenvalue weighted by atomic mass is 16.5. The molecule has 1 aromatic carbocycles. The number of para-hydroxylation sites is 1. The highest BCUT2D eigenvalue weighted by Crippen LogP contribution is 2.44. The number of hydrogen-bond acceptors (Lipinski definition) is 7. The predicted molar refractivity (Wildman–Crippen MR) is 128 cm³/mol. The summed E-state index contributed by atoms with van der Waals surface area (Å²) < 4.78 is 20.4. The van der Waals surface area contributed by atoms with Crippen LogP contribution in [0.5, 0.6) is 11.6 Å². The molecule has 2 aliphatic heterocycles. The van der Waals surface area contributed by atoms with Crippen molar-refractivity contribution in [3.8, 4) is 22.9 Å². The molecular formula is C27H26N4O4. The first-order chi connectivity index (χ1) is 17.2. The van der Waals surface area contributed by atoms with E-state index in [0.29, 0.717) is 25.7 Å². The fourth-order valence-corrected chi connectivity index (χ4v) is 5.61. The van der Waals surface area contributed by atoms with Crippen LogP contribution in [0.3, 0.4) is 0 Å². The summed E-state index contributed by atoms with van der Waals surface area (Å²) in [6.45, 7) is 1.44. The summed E-state index contributed by atoms with van der Waals surface area (Å²) >= 11 is 0. The van der Waals surface area contributed by atoms with Crippen LogP contribution in [0, 0.1) is 0 Å². The maximum Gasteiger partial charge on any atom is 0.214 e. The summed E-state index contributed by atoms with van der Waals surface area (Å²) in [6.07, 6.45) is 4.86. The number of imidazole rings is 1. The van der Waals surface area contributed by atoms with Crippen molar-refractivity contribution >= 4 is 11.2 Å². The molecule has 7 rings (SSSR count). The van der Waals surface area contributed by atoms with E-state index in [-0.39, 0.29) is 12.2 Å². The molecule has 1 fully saturated rings. The number of aliphatic hydroxyl groups excluding tert-OH is 1. The van der Waals surface area contributed by atoms with Crippen LogP contribution >= 0.6 is 0 Å². The van der Waals surface area contributed by atoms with E-state index >= 15 is 0 Å². The summed E-state index contributed by atoms with van der Waals surface area (Å²) in [4.78, 5) is 14.3. The molecular weight excluding hydrogens is 444 g/mol. The van der Waals surface area contributed by atoms with Gasteiger partial charge in [-0.3, -0.25) is 4.57 Å². The zero-order valence-electron chi connectivity index (χ0n) is 19.3. The van der Waals surface area contributed by atoms with E-state index < -0.39 is 5.54 Å². The van der Waals surface area contributed by atoms with Crippen LogP contribution in [0.15, 0.2) is 54.7 Å². The fraction of sp³-hybridized carbons (Fsp3) is 0.370. The molecule has 3 aromatic heterocycles. The van der Waals surface area contributed by atoms with Gasteiger partial charge in [-0.15, -0.1) is 0 Å². The smallest absolute Gasteiger partial charge is 0.214 e. The van der Waals surface area contributed by atoms with Crippen molar-refractivity contribution in [3.05, 3.63) is 66.1 Å². The molecule has 1 spiro atoms. The Kier molecular flexibility index (Phi) is 4.78. The van der Waals surface area contributed by atoms with Gasteiger partial charge in [0.05, 0.1) is 18.4 Å². The number of fused-ring (bicyclic) bond motifs is 6. The van der Waals surface area contributed by atoms with Crippen molar-refractivity contribution in [2.75, 3.05) is 13.2 Å². The van der Waals surface area contributed by atoms with E-state index in [1.165, 1.54) is 0 Å². The number of ether oxygens (including phenoxy) is 3. The van der Waals surface area contributed by atoms with E-state index in [1.807, 2.05) is 42.5 Å². The molecule has 5 heterocycles. The number of pyridine rings is 2. The van der Waals surface area contributed by atoms with Crippen molar-refractivity contribution < 1.29 is 19.3 Å². The van der Waals surface area contributed by atoms with Crippen LogP contribution in [-0.4, -0.2) is 50.0 Å². The third-order valence-corrected chi connectivity index (χ3v) is 7.39. The Labute approximate surface area is 202 Å². The lowest BCUT2D eigenvalue weighted by atomic mass is 9.91. The standard InChI is InChI=1S/C27H26N4O4/c32-18-5-7-19(8-6-18)35-25-13-17(11-12-28-25)21-9-10-22-26(30-21)31-24(29-22)14-33-15-27(31)16-34-23-4-2-1-3-20(23)27/h1-4,9-13,18-19,32H,5-8,14-16H2/t18-,19-,27?. The van der Waals surface area contributed by atoms with Gasteiger partial charge in [-0.05, 0) is 49.9 Å². The summed E-state index contributed by atoms with van der Waals surface area (Å²) in [5.74, 6) is 2.33. The third kappa shape index (κ3) is 3.39. The Hall–Kier alpha value is -3.49. The third-order valence-electron chi connectivity index (χ3n) is 7.39. The van der Waals surface area contributed by atoms with Crippen LogP contribution < -0.4 is 9.47 Å². The topological polar surface area (TPSA) is 91.5 Å². The van der Waals surface area contributed by atoms with Gasteiger partial charge < -0.3 is 19.3 Å². The lowest BCUT2D eigenvalue weighted by Gasteiger charge is -2.34. The summed E-state index contributed by atoms with van der Waals surface area (Å²) in [7, 11) is 0. The quantitative estimate of drug-likeness (QED) is 0.486. The molecule has 35 heavy (non-hydrogen) atoms. The Bertz CT molecular complexity index is 1410. The number of aliphatic hydroxyl groups is 1. The summed E-state index contributed by atoms with van der Waals surface area (Å²) in [5, 5.41) is 9.77. The Balaban J connectivity index is 1.28. The van der Waals surface area contributed by atoms with Crippen LogP contribution in [0.2, 0.25) is 0 Å². The zero-order chi connectivity index (χ0) is 23.4. The average Bonchev–Trinajstić information content (AvgIpc) is 3.45. The van der Waals surface area contributed by atoms with Crippen molar-refractivity contribution in [1.82, 2.24) is 19.5 Å². The van der Waals surface area contributed by atoms with Gasteiger partial charge in [0.2, 0.25) is 5.88 Å². The number of hydrogen-bond donors (Lipinski definition) is 1. The zero-order valence-corrected chi connectivity index (χ0v) is 19.3. The fourth-order valence-electron chi connectivity index (χ4n) is 5.61. The molecule has 0 radical (unpaired) electrons. The second-order valence-electron chi connectivity index (χ2n) is 9.64. The molecule has 1 aliphatic carbocycles. The number of rotatable bonds is 3. The van der Waals surface area contributed by atoms with Gasteiger partial charge in [-0.25, -0.2) is 15.0 Å². The van der Waals surface area contributed by atoms with Gasteiger partial charge in [-0.2, -0.15) is 0 Å². The van der Waals surface area contributed by atoms with Gasteiger partial charge in [0, 0.05) is 23.4 Å². The van der Waals surface area contributed by atoms with E-state index in [4.69, 9.17) is 24.2 Å². The van der Waals surface area contributed by atoms with Gasteiger partial charge >= 0.3 is 0 Å². The lowest BCUT2D eigenvalue weighted by molar-refractivity contribution is 0.0134. The van der Waals surface area contributed by atoms with E-state index in [1.54, 1.807) is 6.20 Å². The van der Waals surface area contributed by atoms with Crippen LogP contribution in [0.1, 0.15) is 37.1 Å². The van der Waals surface area contributed by atoms with Crippen molar-refractivity contribution in [1.29, 1.82) is 0 Å². The largest absolute Gasteiger partial charge is 0.490 e. The molecule has 3 aliphatic rings. The van der Waals surface area contributed by atoms with E-state index in [2.05, 4.69) is 15.6 Å². The highest BCUT2D eigenvalue weighted by molar-refractivity contribution is 5.77. The Morgan fingerprint density at radius 1 is 1.00 bits per heavy atom. The Morgan fingerprint density at radius 3 is 2.80 bits per heavy atom. The molecule has 8 heteroatoms. The first kappa shape index (κ1) is 20.8. The molecule has 0 saturated heterocycles. The summed E-state index contributed by atoms with van der Waals surface area (Å²) in [6, 6.07) is 16.0. The molecule has 1 N–H and O–H groups in total. The molecule has 0 amide bonds. The van der Waals surface area contributed by atoms with E-state index in [0.717, 1.165) is 65.2 Å². The number of aromatic nitrogens is 4. The van der Waals surface area contributed by atoms with Crippen molar-refractivity contribution in [3.63, 3.8) is 0 Å². The molecule has 1 unspecified atom stereocenters. The molecule has 8 nitrogen and oxygen atoms in total. The summed E-state index contributed by atoms with van der Waals surface area (Å²) in [5.41, 5.74) is 4.05. The minimum absolute atomic E-state index is 0.0840. The van der Waals surface area contributed by atoms with Gasteiger partial charge in [0.1, 0.15) is 41.9 Å². The van der Waals surface area contributed by atoms with Gasteiger partial charge in [-0.1, -0.05) is 18.2 Å². The lowest BCUT2D eigenvalue weighted by Crippen LogP contribution is -2.45. The highest BCUT2D eigenvalue weighted by Gasteiger charge is 2.47. The maximum atomic E-state index is 9.77. The molecule has 1 saturated carbocycles. The second kappa shape index (κ2) is 8.03. The average molecular weight is 471 g/mol. The monoisotopic (exact) mass is 470 g/mol. The second-order valence-corrected chi connectivity index (χ2v) is 9.64. The first-order valence-corrected chi connectivity index (χ1v) is 12.2. The minimum atomic E-state index is -0.484. The van der Waals surface area contributed by atoms with Crippen LogP contribution in [0.4, 0.5) is 0 Å². The Morgan fingerprint density at radius 2 is 1.89 bits per heavy atom. The molecule has 0 bridgehead atoms. The van der Waals surface area contributed by atoms with Crippen LogP contribution in [-0.2, 0) is 16.9 Å². The molecule has 4 aromatic rings. The van der Waals surface area contributed by atoms with Gasteiger partial charge in [0.15, 0.2) is 5.65 Å². The van der Waals surface area contributed by atoms with Crippen molar-refractivity contribution in [2.24, 2.45) is 0 Å². The number of benzene rings is 1. The van der Waals surface area contributed by atoms with Gasteiger partial charge in [0.25, 0.3) is 0 Å². The van der Waals surface area contributed by atoms with Crippen molar-refractivity contribution in [2.45, 2.75) is 50.0 Å². The maximum absolute atomic E-state index is 9.77. The molecule has 1 atom stereocenters. The minimum Gasteiger partial charge on any atom is -0.490 e. The first-order valence-electron chi connectivity index (χ1n) is 12.2. The SMILES string of the molecule is O[C@H]1CC[C@H](Oc2cc(-c3ccc4nc5n(c4n3)C3(COC5)COc4ccccc43)ccn2)CC1. The normalized spacial score (nSPS) is 25.3. The number of nitrogens with zero attached hydrogens (tertiary/aromatic N) is 4. The van der Waals surface area contributed by atoms with Crippen LogP contribution in [0.25, 0.3) is 22.4 Å². The molecule has 178 valence electrons. The predicted octanol–water partition coefficient (Wildman–Crippen LogP) is 3.84. The van der Waals surface area contributed by atoms with E-state index in [9.17, 15) is 5.11 Å².